The van der Waals surface area contributed by atoms with Gasteiger partial charge in [0.05, 0.1) is 34.5 Å². The minimum Gasteiger partial charge on any atom is -0.361 e. The van der Waals surface area contributed by atoms with Gasteiger partial charge in [0.2, 0.25) is 0 Å². The highest BCUT2D eigenvalue weighted by molar-refractivity contribution is 7.08. The van der Waals surface area contributed by atoms with Gasteiger partial charge in [0.25, 0.3) is 5.91 Å². The fourth-order valence-corrected chi connectivity index (χ4v) is 4.42. The molecule has 1 atom stereocenters. The topological polar surface area (TPSA) is 97.9 Å². The van der Waals surface area contributed by atoms with Crippen LogP contribution in [-0.2, 0) is 12.8 Å². The molecule has 0 N–H and O–H groups in total. The number of aromatic nitrogens is 5. The summed E-state index contributed by atoms with van der Waals surface area (Å²) in [5, 5.41) is 8.05. The third-order valence-corrected chi connectivity index (χ3v) is 5.89. The van der Waals surface area contributed by atoms with Crippen LogP contribution >= 0.6 is 11.5 Å². The zero-order valence-electron chi connectivity index (χ0n) is 16.2. The number of carbonyl (C=O) groups is 1. The molecule has 3 aromatic rings. The Morgan fingerprint density at radius 2 is 2.21 bits per heavy atom. The number of hydrogen-bond donors (Lipinski definition) is 0. The monoisotopic (exact) mass is 398 g/mol. The standard InChI is InChI=1S/C19H22N6O2S/c1-4-15-18(28-24-22-15)19(26)25-6-5-13(10-25)7-14-8-20-9-16(21-14)17-11(2)23-27-12(17)3/h8-9,13H,4-7,10H2,1-3H3/t13-/m1/s1. The number of hydrogen-bond acceptors (Lipinski definition) is 8. The number of aryl methyl sites for hydroxylation is 3. The highest BCUT2D eigenvalue weighted by atomic mass is 32.1. The van der Waals surface area contributed by atoms with Crippen LogP contribution in [0.3, 0.4) is 0 Å². The highest BCUT2D eigenvalue weighted by Crippen LogP contribution is 2.27. The van der Waals surface area contributed by atoms with Gasteiger partial charge in [-0.05, 0) is 50.6 Å². The summed E-state index contributed by atoms with van der Waals surface area (Å²) in [5.74, 6) is 1.15. The molecule has 4 rings (SSSR count). The van der Waals surface area contributed by atoms with E-state index in [-0.39, 0.29) is 5.91 Å². The summed E-state index contributed by atoms with van der Waals surface area (Å²) >= 11 is 1.19. The fourth-order valence-electron chi connectivity index (χ4n) is 3.70. The van der Waals surface area contributed by atoms with Crippen LogP contribution in [0.2, 0.25) is 0 Å². The molecule has 0 aromatic carbocycles. The summed E-state index contributed by atoms with van der Waals surface area (Å²) in [4.78, 5) is 24.5. The average molecular weight is 398 g/mol. The SMILES string of the molecule is CCc1nnsc1C(=O)N1CC[C@H](Cc2cncc(-c3c(C)noc3C)n2)C1. The first-order chi connectivity index (χ1) is 13.6. The summed E-state index contributed by atoms with van der Waals surface area (Å²) in [5.41, 5.74) is 4.21. The van der Waals surface area contributed by atoms with E-state index >= 15 is 0 Å². The molecule has 28 heavy (non-hydrogen) atoms. The summed E-state index contributed by atoms with van der Waals surface area (Å²) in [7, 11) is 0. The van der Waals surface area contributed by atoms with Crippen molar-refractivity contribution in [1.29, 1.82) is 0 Å². The molecule has 1 saturated heterocycles. The molecule has 4 heterocycles. The molecule has 1 aliphatic rings. The smallest absolute Gasteiger partial charge is 0.267 e. The minimum atomic E-state index is 0.0462. The number of rotatable bonds is 5. The van der Waals surface area contributed by atoms with Gasteiger partial charge in [-0.15, -0.1) is 5.10 Å². The van der Waals surface area contributed by atoms with E-state index in [4.69, 9.17) is 9.51 Å². The molecule has 1 fully saturated rings. The van der Waals surface area contributed by atoms with Crippen LogP contribution in [0, 0.1) is 19.8 Å². The molecule has 0 radical (unpaired) electrons. The molecule has 0 aliphatic carbocycles. The first-order valence-corrected chi connectivity index (χ1v) is 10.2. The molecule has 146 valence electrons. The van der Waals surface area contributed by atoms with Gasteiger partial charge < -0.3 is 9.42 Å². The van der Waals surface area contributed by atoms with E-state index < -0.39 is 0 Å². The van der Waals surface area contributed by atoms with Crippen molar-refractivity contribution in [3.8, 4) is 11.3 Å². The van der Waals surface area contributed by atoms with E-state index in [1.807, 2.05) is 25.7 Å². The van der Waals surface area contributed by atoms with Gasteiger partial charge in [-0.1, -0.05) is 16.6 Å². The summed E-state index contributed by atoms with van der Waals surface area (Å²) in [6.07, 6.45) is 6.00. The van der Waals surface area contributed by atoms with Crippen LogP contribution in [0.1, 0.15) is 45.9 Å². The molecule has 0 bridgehead atoms. The Morgan fingerprint density at radius 1 is 1.36 bits per heavy atom. The van der Waals surface area contributed by atoms with Crippen LogP contribution in [0.15, 0.2) is 16.9 Å². The number of likely N-dealkylation sites (tertiary alicyclic amines) is 1. The van der Waals surface area contributed by atoms with Gasteiger partial charge in [0.15, 0.2) is 0 Å². The Kier molecular flexibility index (Phi) is 5.17. The number of nitrogens with zero attached hydrogens (tertiary/aromatic N) is 6. The Labute approximate surface area is 167 Å². The zero-order valence-corrected chi connectivity index (χ0v) is 17.0. The Balaban J connectivity index is 1.45. The van der Waals surface area contributed by atoms with E-state index in [2.05, 4.69) is 19.7 Å². The van der Waals surface area contributed by atoms with Crippen LogP contribution in [0.5, 0.6) is 0 Å². The number of carbonyl (C=O) groups excluding carboxylic acids is 1. The Bertz CT molecular complexity index is 978. The van der Waals surface area contributed by atoms with Crippen molar-refractivity contribution in [1.82, 2.24) is 29.6 Å². The second-order valence-corrected chi connectivity index (χ2v) is 7.86. The third kappa shape index (κ3) is 3.54. The Hall–Kier alpha value is -2.68. The molecule has 8 nitrogen and oxygen atoms in total. The van der Waals surface area contributed by atoms with E-state index in [0.717, 1.165) is 66.5 Å². The molecule has 0 unspecified atom stereocenters. The van der Waals surface area contributed by atoms with E-state index in [1.54, 1.807) is 12.4 Å². The van der Waals surface area contributed by atoms with Crippen LogP contribution in [0.4, 0.5) is 0 Å². The van der Waals surface area contributed by atoms with Crippen molar-refractivity contribution in [3.05, 3.63) is 40.1 Å². The molecule has 9 heteroatoms. The molecular weight excluding hydrogens is 376 g/mol. The van der Waals surface area contributed by atoms with Gasteiger partial charge in [-0.3, -0.25) is 9.78 Å². The highest BCUT2D eigenvalue weighted by Gasteiger charge is 2.30. The second-order valence-electron chi connectivity index (χ2n) is 7.11. The summed E-state index contributed by atoms with van der Waals surface area (Å²) in [6, 6.07) is 0. The molecule has 1 aliphatic heterocycles. The van der Waals surface area contributed by atoms with Crippen LogP contribution in [0.25, 0.3) is 11.3 Å². The van der Waals surface area contributed by atoms with Crippen LogP contribution < -0.4 is 0 Å². The summed E-state index contributed by atoms with van der Waals surface area (Å²) < 4.78 is 9.18. The van der Waals surface area contributed by atoms with Crippen molar-refractivity contribution in [2.24, 2.45) is 5.92 Å². The quantitative estimate of drug-likeness (QED) is 0.652. The molecule has 0 saturated carbocycles. The van der Waals surface area contributed by atoms with E-state index in [1.165, 1.54) is 11.5 Å². The van der Waals surface area contributed by atoms with E-state index in [0.29, 0.717) is 10.8 Å². The average Bonchev–Trinajstić information content (AvgIpc) is 3.42. The zero-order chi connectivity index (χ0) is 19.7. The molecule has 3 aromatic heterocycles. The molecule has 1 amide bonds. The summed E-state index contributed by atoms with van der Waals surface area (Å²) in [6.45, 7) is 7.24. The lowest BCUT2D eigenvalue weighted by Gasteiger charge is -2.15. The third-order valence-electron chi connectivity index (χ3n) is 5.13. The largest absolute Gasteiger partial charge is 0.361 e. The predicted octanol–water partition coefficient (Wildman–Crippen LogP) is 2.87. The first kappa shape index (κ1) is 18.7. The maximum atomic E-state index is 12.8. The maximum Gasteiger partial charge on any atom is 0.267 e. The van der Waals surface area contributed by atoms with Gasteiger partial charge in [-0.25, -0.2) is 4.98 Å². The lowest BCUT2D eigenvalue weighted by atomic mass is 10.0. The van der Waals surface area contributed by atoms with Crippen molar-refractivity contribution in [2.75, 3.05) is 13.1 Å². The molecule has 0 spiro atoms. The van der Waals surface area contributed by atoms with Gasteiger partial charge in [0, 0.05) is 19.3 Å². The van der Waals surface area contributed by atoms with Crippen molar-refractivity contribution < 1.29 is 9.32 Å². The number of amides is 1. The maximum absolute atomic E-state index is 12.8. The lowest BCUT2D eigenvalue weighted by Crippen LogP contribution is -2.29. The van der Waals surface area contributed by atoms with Crippen molar-refractivity contribution in [2.45, 2.75) is 40.0 Å². The Morgan fingerprint density at radius 3 is 2.96 bits per heavy atom. The van der Waals surface area contributed by atoms with Gasteiger partial charge in [-0.2, -0.15) is 0 Å². The first-order valence-electron chi connectivity index (χ1n) is 9.41. The fraction of sp³-hybridized carbons (Fsp3) is 0.474. The molecular formula is C19H22N6O2S. The second kappa shape index (κ2) is 7.75. The minimum absolute atomic E-state index is 0.0462. The normalized spacial score (nSPS) is 16.7. The van der Waals surface area contributed by atoms with Gasteiger partial charge >= 0.3 is 0 Å². The lowest BCUT2D eigenvalue weighted by molar-refractivity contribution is 0.0790. The predicted molar refractivity (Wildman–Crippen MR) is 104 cm³/mol. The van der Waals surface area contributed by atoms with E-state index in [9.17, 15) is 4.79 Å². The van der Waals surface area contributed by atoms with Crippen molar-refractivity contribution in [3.63, 3.8) is 0 Å². The van der Waals surface area contributed by atoms with Gasteiger partial charge in [0.1, 0.15) is 10.6 Å². The van der Waals surface area contributed by atoms with Crippen molar-refractivity contribution >= 4 is 17.4 Å². The van der Waals surface area contributed by atoms with Crippen LogP contribution in [-0.4, -0.2) is 48.6 Å².